The Morgan fingerprint density at radius 2 is 2.55 bits per heavy atom. The summed E-state index contributed by atoms with van der Waals surface area (Å²) in [6.07, 6.45) is -1.87. The van der Waals surface area contributed by atoms with E-state index in [1.165, 1.54) is 6.54 Å². The third-order valence-corrected chi connectivity index (χ3v) is 1.42. The van der Waals surface area contributed by atoms with Crippen molar-refractivity contribution < 1.29 is 15.0 Å². The van der Waals surface area contributed by atoms with Crippen LogP contribution in [0.25, 0.3) is 0 Å². The normalized spacial score (nSPS) is 24.7. The molecule has 2 N–H and O–H groups in total. The average molecular weight is 157 g/mol. The summed E-state index contributed by atoms with van der Waals surface area (Å²) in [6.45, 7) is 2.98. The summed E-state index contributed by atoms with van der Waals surface area (Å²) in [5.74, 6) is 0.391. The van der Waals surface area contributed by atoms with Gasteiger partial charge in [0.2, 0.25) is 0 Å². The van der Waals surface area contributed by atoms with Gasteiger partial charge in [0.1, 0.15) is 12.4 Å². The largest absolute Gasteiger partial charge is 0.465 e. The Balaban J connectivity index is 2.71. The van der Waals surface area contributed by atoms with Crippen LogP contribution in [0.3, 0.4) is 0 Å². The van der Waals surface area contributed by atoms with Gasteiger partial charge in [-0.15, -0.1) is 0 Å². The number of β-amino-alcohol motifs (C(OH)–C–C–N with tert-alkyl or cyclic N) is 1. The number of amides is 1. The van der Waals surface area contributed by atoms with Crippen molar-refractivity contribution in [3.05, 3.63) is 6.54 Å². The number of aliphatic imine (C=N–C) groups is 1. The van der Waals surface area contributed by atoms with Crippen LogP contribution < -0.4 is 0 Å². The topological polar surface area (TPSA) is 73.1 Å². The molecule has 0 bridgehead atoms. The quantitative estimate of drug-likeness (QED) is 0.516. The number of rotatable bonds is 0. The second-order valence-electron chi connectivity index (χ2n) is 2.29. The number of carboxylic acid groups (broad SMARTS) is 1. The van der Waals surface area contributed by atoms with Gasteiger partial charge in [0.15, 0.2) is 0 Å². The second kappa shape index (κ2) is 2.87. The minimum absolute atomic E-state index is 0.0741. The van der Waals surface area contributed by atoms with E-state index in [0.717, 1.165) is 4.90 Å². The summed E-state index contributed by atoms with van der Waals surface area (Å²) in [6, 6.07) is 0. The summed E-state index contributed by atoms with van der Waals surface area (Å²) in [7, 11) is 0. The fourth-order valence-electron chi connectivity index (χ4n) is 0.846. The van der Waals surface area contributed by atoms with Crippen LogP contribution in [0, 0.1) is 6.54 Å². The summed E-state index contributed by atoms with van der Waals surface area (Å²) < 4.78 is 0. The van der Waals surface area contributed by atoms with E-state index in [4.69, 9.17) is 10.2 Å². The average Bonchev–Trinajstić information content (AvgIpc) is 1.94. The standard InChI is InChI=1S/C6H9N2O3/c1-4-7-2-5(9)3-8(4)6(10)11/h2,5,9H,3H2,1H3,(H,10,11). The molecule has 1 heterocycles. The highest BCUT2D eigenvalue weighted by Gasteiger charge is 2.23. The molecule has 0 saturated carbocycles. The molecule has 61 valence electrons. The molecule has 11 heavy (non-hydrogen) atoms. The Morgan fingerprint density at radius 1 is 1.91 bits per heavy atom. The first-order valence-corrected chi connectivity index (χ1v) is 3.17. The molecule has 0 saturated heterocycles. The van der Waals surface area contributed by atoms with Crippen LogP contribution >= 0.6 is 0 Å². The Morgan fingerprint density at radius 3 is 3.00 bits per heavy atom. The number of nitrogens with zero attached hydrogens (tertiary/aromatic N) is 2. The van der Waals surface area contributed by atoms with Crippen molar-refractivity contribution in [2.24, 2.45) is 4.99 Å². The second-order valence-corrected chi connectivity index (χ2v) is 2.29. The molecular formula is C6H9N2O3. The lowest BCUT2D eigenvalue weighted by atomic mass is 10.3. The Hall–Kier alpha value is -1.10. The molecule has 1 radical (unpaired) electrons. The molecule has 5 nitrogen and oxygen atoms in total. The van der Waals surface area contributed by atoms with Crippen molar-refractivity contribution in [3.63, 3.8) is 0 Å². The molecule has 0 fully saturated rings. The Kier molecular flexibility index (Phi) is 2.09. The van der Waals surface area contributed by atoms with E-state index >= 15 is 0 Å². The first-order chi connectivity index (χ1) is 5.11. The van der Waals surface area contributed by atoms with Gasteiger partial charge in [0, 0.05) is 0 Å². The molecule has 1 rings (SSSR count). The van der Waals surface area contributed by atoms with Crippen LogP contribution in [-0.4, -0.2) is 39.7 Å². The van der Waals surface area contributed by atoms with E-state index in [-0.39, 0.29) is 6.54 Å². The molecule has 1 atom stereocenters. The van der Waals surface area contributed by atoms with Crippen LogP contribution in [-0.2, 0) is 0 Å². The van der Waals surface area contributed by atoms with Crippen LogP contribution in [0.5, 0.6) is 0 Å². The summed E-state index contributed by atoms with van der Waals surface area (Å²) >= 11 is 0. The van der Waals surface area contributed by atoms with Gasteiger partial charge in [-0.25, -0.2) is 4.79 Å². The minimum Gasteiger partial charge on any atom is -0.465 e. The molecule has 0 spiro atoms. The number of carbonyl (C=O) groups is 1. The molecule has 5 heteroatoms. The van der Waals surface area contributed by atoms with Gasteiger partial charge in [0.05, 0.1) is 12.6 Å². The number of aliphatic hydroxyl groups excluding tert-OH is 1. The van der Waals surface area contributed by atoms with Crippen molar-refractivity contribution >= 4 is 11.9 Å². The molecule has 1 unspecified atom stereocenters. The zero-order chi connectivity index (χ0) is 8.43. The van der Waals surface area contributed by atoms with Gasteiger partial charge in [-0.2, -0.15) is 0 Å². The van der Waals surface area contributed by atoms with Gasteiger partial charge in [-0.1, -0.05) is 0 Å². The maximum absolute atomic E-state index is 10.4. The predicted molar refractivity (Wildman–Crippen MR) is 38.1 cm³/mol. The highest BCUT2D eigenvalue weighted by atomic mass is 16.4. The minimum atomic E-state index is -1.08. The lowest BCUT2D eigenvalue weighted by molar-refractivity contribution is 0.132. The molecule has 0 aromatic carbocycles. The fraction of sp³-hybridized carbons (Fsp3) is 0.500. The number of hydrogen-bond donors (Lipinski definition) is 2. The third kappa shape index (κ3) is 1.68. The van der Waals surface area contributed by atoms with E-state index in [1.807, 2.05) is 0 Å². The van der Waals surface area contributed by atoms with Crippen LogP contribution in [0.1, 0.15) is 6.92 Å². The SMILES string of the molecule is CC1=N[CH]C(O)CN1C(=O)O. The van der Waals surface area contributed by atoms with Gasteiger partial charge in [-0.05, 0) is 6.92 Å². The van der Waals surface area contributed by atoms with Crippen LogP contribution in [0.4, 0.5) is 4.79 Å². The van der Waals surface area contributed by atoms with Crippen molar-refractivity contribution in [2.45, 2.75) is 13.0 Å². The molecule has 0 aromatic heterocycles. The van der Waals surface area contributed by atoms with Gasteiger partial charge < -0.3 is 10.2 Å². The van der Waals surface area contributed by atoms with E-state index in [2.05, 4.69) is 4.99 Å². The van der Waals surface area contributed by atoms with E-state index < -0.39 is 12.2 Å². The summed E-state index contributed by atoms with van der Waals surface area (Å²) in [5.41, 5.74) is 0. The molecular weight excluding hydrogens is 148 g/mol. The maximum Gasteiger partial charge on any atom is 0.412 e. The Labute approximate surface area is 64.0 Å². The fourth-order valence-corrected chi connectivity index (χ4v) is 0.846. The van der Waals surface area contributed by atoms with Gasteiger partial charge >= 0.3 is 6.09 Å². The molecule has 1 aliphatic heterocycles. The van der Waals surface area contributed by atoms with Crippen molar-refractivity contribution in [2.75, 3.05) is 6.54 Å². The van der Waals surface area contributed by atoms with Gasteiger partial charge in [-0.3, -0.25) is 9.89 Å². The third-order valence-electron chi connectivity index (χ3n) is 1.42. The number of hydrogen-bond acceptors (Lipinski definition) is 3. The van der Waals surface area contributed by atoms with Crippen LogP contribution in [0.2, 0.25) is 0 Å². The maximum atomic E-state index is 10.4. The number of aliphatic hydroxyl groups is 1. The van der Waals surface area contributed by atoms with Gasteiger partial charge in [0.25, 0.3) is 0 Å². The lowest BCUT2D eigenvalue weighted by Gasteiger charge is -2.25. The smallest absolute Gasteiger partial charge is 0.412 e. The monoisotopic (exact) mass is 157 g/mol. The molecule has 0 aromatic rings. The first kappa shape index (κ1) is 8.00. The Bertz CT molecular complexity index is 202. The van der Waals surface area contributed by atoms with Crippen molar-refractivity contribution in [3.8, 4) is 0 Å². The number of amidine groups is 1. The lowest BCUT2D eigenvalue weighted by Crippen LogP contribution is -2.43. The van der Waals surface area contributed by atoms with E-state index in [1.54, 1.807) is 6.92 Å². The highest BCUT2D eigenvalue weighted by molar-refractivity contribution is 5.94. The van der Waals surface area contributed by atoms with Crippen molar-refractivity contribution in [1.82, 2.24) is 4.90 Å². The van der Waals surface area contributed by atoms with Crippen LogP contribution in [0.15, 0.2) is 4.99 Å². The van der Waals surface area contributed by atoms with E-state index in [9.17, 15) is 4.79 Å². The zero-order valence-corrected chi connectivity index (χ0v) is 6.06. The molecule has 1 amide bonds. The first-order valence-electron chi connectivity index (χ1n) is 3.17. The zero-order valence-electron chi connectivity index (χ0n) is 6.06. The summed E-state index contributed by atoms with van der Waals surface area (Å²) in [4.78, 5) is 15.1. The predicted octanol–water partition coefficient (Wildman–Crippen LogP) is -0.0789. The van der Waals surface area contributed by atoms with E-state index in [0.29, 0.717) is 5.84 Å². The van der Waals surface area contributed by atoms with Crippen molar-refractivity contribution in [1.29, 1.82) is 0 Å². The summed E-state index contributed by atoms with van der Waals surface area (Å²) in [5, 5.41) is 17.5. The molecule has 0 aliphatic carbocycles. The highest BCUT2D eigenvalue weighted by Crippen LogP contribution is 2.06. The molecule has 1 aliphatic rings.